The minimum atomic E-state index is -0.429. The van der Waals surface area contributed by atoms with Crippen LogP contribution in [-0.4, -0.2) is 36.6 Å². The zero-order valence-electron chi connectivity index (χ0n) is 11.6. The van der Waals surface area contributed by atoms with E-state index in [9.17, 15) is 10.1 Å². The van der Waals surface area contributed by atoms with Gasteiger partial charge in [0.2, 0.25) is 0 Å². The van der Waals surface area contributed by atoms with Gasteiger partial charge >= 0.3 is 0 Å². The molecule has 3 rings (SSSR count). The average molecular weight is 313 g/mol. The third-order valence-corrected chi connectivity index (χ3v) is 3.59. The van der Waals surface area contributed by atoms with Crippen molar-refractivity contribution in [1.29, 1.82) is 0 Å². The van der Waals surface area contributed by atoms with Gasteiger partial charge in [0.1, 0.15) is 5.52 Å². The Morgan fingerprint density at radius 1 is 1.57 bits per heavy atom. The van der Waals surface area contributed by atoms with Gasteiger partial charge in [0.25, 0.3) is 11.7 Å². The first-order chi connectivity index (χ1) is 9.63. The van der Waals surface area contributed by atoms with E-state index < -0.39 is 4.92 Å². The number of nitro benzene ring substituents is 1. The lowest BCUT2D eigenvalue weighted by Crippen LogP contribution is -2.26. The zero-order chi connectivity index (χ0) is 14.1. The third-order valence-electron chi connectivity index (χ3n) is 3.59. The molecule has 2 aromatic rings. The van der Waals surface area contributed by atoms with Crippen LogP contribution in [0.25, 0.3) is 11.1 Å². The molecule has 8 heteroatoms. The number of hydrogen-bond acceptors (Lipinski definition) is 6. The zero-order valence-corrected chi connectivity index (χ0v) is 12.4. The maximum Gasteiger partial charge on any atom is 0.298 e. The Morgan fingerprint density at radius 3 is 3.05 bits per heavy atom. The lowest BCUT2D eigenvalue weighted by molar-refractivity contribution is -0.384. The second-order valence-electron chi connectivity index (χ2n) is 5.14. The SMILES string of the molecule is CN(CC1CCNC1)c1nc2cc([N+](=O)[O-])ccc2o1.Cl. The number of aromatic nitrogens is 1. The van der Waals surface area contributed by atoms with Crippen molar-refractivity contribution in [2.75, 3.05) is 31.6 Å². The Hall–Kier alpha value is -1.86. The van der Waals surface area contributed by atoms with E-state index >= 15 is 0 Å². The van der Waals surface area contributed by atoms with Crippen LogP contribution in [0.4, 0.5) is 11.7 Å². The molecule has 1 aromatic heterocycles. The molecule has 114 valence electrons. The predicted molar refractivity (Wildman–Crippen MR) is 82.2 cm³/mol. The molecule has 2 heterocycles. The topological polar surface area (TPSA) is 84.4 Å². The van der Waals surface area contributed by atoms with Crippen LogP contribution in [0.1, 0.15) is 6.42 Å². The minimum Gasteiger partial charge on any atom is -0.423 e. The summed E-state index contributed by atoms with van der Waals surface area (Å²) in [4.78, 5) is 16.6. The van der Waals surface area contributed by atoms with Crippen molar-refractivity contribution < 1.29 is 9.34 Å². The van der Waals surface area contributed by atoms with E-state index in [4.69, 9.17) is 4.42 Å². The molecule has 1 aliphatic heterocycles. The van der Waals surface area contributed by atoms with Crippen molar-refractivity contribution in [2.24, 2.45) is 5.92 Å². The van der Waals surface area contributed by atoms with E-state index in [-0.39, 0.29) is 18.1 Å². The summed E-state index contributed by atoms with van der Waals surface area (Å²) < 4.78 is 5.65. The Kier molecular flexibility index (Phi) is 4.64. The molecule has 1 aliphatic rings. The van der Waals surface area contributed by atoms with Crippen molar-refractivity contribution >= 4 is 35.2 Å². The van der Waals surface area contributed by atoms with Crippen LogP contribution >= 0.6 is 12.4 Å². The number of hydrogen-bond donors (Lipinski definition) is 1. The number of rotatable bonds is 4. The second-order valence-corrected chi connectivity index (χ2v) is 5.14. The van der Waals surface area contributed by atoms with Crippen LogP contribution < -0.4 is 10.2 Å². The lowest BCUT2D eigenvalue weighted by atomic mass is 10.1. The van der Waals surface area contributed by atoms with Crippen molar-refractivity contribution in [3.05, 3.63) is 28.3 Å². The molecule has 0 saturated carbocycles. The minimum absolute atomic E-state index is 0. The van der Waals surface area contributed by atoms with Gasteiger partial charge in [-0.1, -0.05) is 0 Å². The molecule has 1 N–H and O–H groups in total. The molecule has 1 aromatic carbocycles. The highest BCUT2D eigenvalue weighted by molar-refractivity contribution is 5.85. The summed E-state index contributed by atoms with van der Waals surface area (Å²) in [7, 11) is 1.93. The van der Waals surface area contributed by atoms with E-state index in [0.29, 0.717) is 23.0 Å². The first-order valence-electron chi connectivity index (χ1n) is 6.60. The van der Waals surface area contributed by atoms with Crippen LogP contribution in [-0.2, 0) is 0 Å². The molecule has 0 aliphatic carbocycles. The van der Waals surface area contributed by atoms with Crippen LogP contribution in [0, 0.1) is 16.0 Å². The molecule has 0 spiro atoms. The Bertz CT molecular complexity index is 639. The maximum atomic E-state index is 10.7. The Labute approximate surface area is 127 Å². The van der Waals surface area contributed by atoms with E-state index in [0.717, 1.165) is 26.1 Å². The number of halogens is 1. The predicted octanol–water partition coefficient (Wildman–Crippen LogP) is 2.20. The molecule has 7 nitrogen and oxygen atoms in total. The molecule has 0 radical (unpaired) electrons. The van der Waals surface area contributed by atoms with Crippen molar-refractivity contribution in [3.8, 4) is 0 Å². The number of nitrogens with one attached hydrogen (secondary N) is 1. The number of anilines is 1. The van der Waals surface area contributed by atoms with Crippen molar-refractivity contribution in [3.63, 3.8) is 0 Å². The summed E-state index contributed by atoms with van der Waals surface area (Å²) in [5.74, 6) is 0.587. The molecule has 0 bridgehead atoms. The number of non-ortho nitro benzene ring substituents is 1. The largest absolute Gasteiger partial charge is 0.423 e. The van der Waals surface area contributed by atoms with Crippen LogP contribution in [0.5, 0.6) is 0 Å². The van der Waals surface area contributed by atoms with E-state index in [2.05, 4.69) is 10.3 Å². The molecule has 1 saturated heterocycles. The smallest absolute Gasteiger partial charge is 0.298 e. The van der Waals surface area contributed by atoms with Crippen LogP contribution in [0.2, 0.25) is 0 Å². The molecule has 1 unspecified atom stereocenters. The fourth-order valence-corrected chi connectivity index (χ4v) is 2.52. The van der Waals surface area contributed by atoms with E-state index in [1.54, 1.807) is 6.07 Å². The average Bonchev–Trinajstić information content (AvgIpc) is 3.05. The Morgan fingerprint density at radius 2 is 2.38 bits per heavy atom. The molecular formula is C13H17ClN4O3. The second kappa shape index (κ2) is 6.28. The van der Waals surface area contributed by atoms with Gasteiger partial charge in [-0.05, 0) is 31.5 Å². The monoisotopic (exact) mass is 312 g/mol. The van der Waals surface area contributed by atoms with E-state index in [1.807, 2.05) is 11.9 Å². The highest BCUT2D eigenvalue weighted by Crippen LogP contribution is 2.25. The first-order valence-corrected chi connectivity index (χ1v) is 6.60. The van der Waals surface area contributed by atoms with E-state index in [1.165, 1.54) is 12.1 Å². The first kappa shape index (κ1) is 15.5. The summed E-state index contributed by atoms with van der Waals surface area (Å²) in [6.45, 7) is 2.93. The normalized spacial score (nSPS) is 17.7. The molecule has 1 atom stereocenters. The van der Waals surface area contributed by atoms with Crippen molar-refractivity contribution in [1.82, 2.24) is 10.3 Å². The fraction of sp³-hybridized carbons (Fsp3) is 0.462. The molecule has 0 amide bonds. The van der Waals surface area contributed by atoms with Gasteiger partial charge in [-0.25, -0.2) is 0 Å². The van der Waals surface area contributed by atoms with Gasteiger partial charge < -0.3 is 14.6 Å². The highest BCUT2D eigenvalue weighted by Gasteiger charge is 2.19. The van der Waals surface area contributed by atoms with Gasteiger partial charge in [-0.3, -0.25) is 10.1 Å². The summed E-state index contributed by atoms with van der Waals surface area (Å²) in [6.07, 6.45) is 1.15. The number of oxazole rings is 1. The molecule has 1 fully saturated rings. The maximum absolute atomic E-state index is 10.7. The van der Waals surface area contributed by atoms with Gasteiger partial charge in [-0.2, -0.15) is 4.98 Å². The van der Waals surface area contributed by atoms with Crippen LogP contribution in [0.3, 0.4) is 0 Å². The van der Waals surface area contributed by atoms with Crippen LogP contribution in [0.15, 0.2) is 22.6 Å². The summed E-state index contributed by atoms with van der Waals surface area (Å²) in [5.41, 5.74) is 1.12. The summed E-state index contributed by atoms with van der Waals surface area (Å²) in [5, 5.41) is 14.1. The van der Waals surface area contributed by atoms with Gasteiger partial charge in [0.15, 0.2) is 5.58 Å². The quantitative estimate of drug-likeness (QED) is 0.688. The molecule has 21 heavy (non-hydrogen) atoms. The standard InChI is InChI=1S/C13H16N4O3.ClH/c1-16(8-9-4-5-14-7-9)13-15-11-6-10(17(18)19)2-3-12(11)20-13;/h2-3,6,9,14H,4-5,7-8H2,1H3;1H. The third kappa shape index (κ3) is 3.25. The number of fused-ring (bicyclic) bond motifs is 1. The van der Waals surface area contributed by atoms with Gasteiger partial charge in [-0.15, -0.1) is 12.4 Å². The Balaban J connectivity index is 0.00000161. The summed E-state index contributed by atoms with van der Waals surface area (Å²) >= 11 is 0. The molecular weight excluding hydrogens is 296 g/mol. The number of nitro groups is 1. The number of benzene rings is 1. The highest BCUT2D eigenvalue weighted by atomic mass is 35.5. The van der Waals surface area contributed by atoms with Gasteiger partial charge in [0.05, 0.1) is 4.92 Å². The fourth-order valence-electron chi connectivity index (χ4n) is 2.52. The number of nitrogens with zero attached hydrogens (tertiary/aromatic N) is 3. The summed E-state index contributed by atoms with van der Waals surface area (Å²) in [6, 6.07) is 4.97. The van der Waals surface area contributed by atoms with Gasteiger partial charge in [0, 0.05) is 25.7 Å². The van der Waals surface area contributed by atoms with Crippen molar-refractivity contribution in [2.45, 2.75) is 6.42 Å². The lowest BCUT2D eigenvalue weighted by Gasteiger charge is -2.18.